The number of imidazole rings is 2. The van der Waals surface area contributed by atoms with Crippen molar-refractivity contribution in [2.24, 2.45) is 0 Å². The van der Waals surface area contributed by atoms with Crippen molar-refractivity contribution in [1.29, 1.82) is 0 Å². The molecule has 0 atom stereocenters. The van der Waals surface area contributed by atoms with Gasteiger partial charge in [0.2, 0.25) is 0 Å². The molecule has 4 aromatic rings. The average Bonchev–Trinajstić information content (AvgIpc) is 3.55. The molecule has 0 aliphatic carbocycles. The predicted molar refractivity (Wildman–Crippen MR) is 153 cm³/mol. The topological polar surface area (TPSA) is 136 Å². The summed E-state index contributed by atoms with van der Waals surface area (Å²) in [6.45, 7) is 5.42. The highest BCUT2D eigenvalue weighted by Crippen LogP contribution is 2.14. The fourth-order valence-corrected chi connectivity index (χ4v) is 3.45. The Bertz CT molecular complexity index is 1390. The molecule has 2 aromatic heterocycles. The number of hydrogen-bond donors (Lipinski definition) is 2. The molecule has 0 saturated carbocycles. The van der Waals surface area contributed by atoms with E-state index in [1.54, 1.807) is 82.0 Å². The van der Waals surface area contributed by atoms with Crippen LogP contribution in [0.4, 0.5) is 4.79 Å². The number of hydrogen-bond acceptors (Lipinski definition) is 7. The number of esters is 1. The maximum Gasteiger partial charge on any atom is 0.419 e. The van der Waals surface area contributed by atoms with E-state index in [9.17, 15) is 14.4 Å². The predicted octanol–water partition coefficient (Wildman–Crippen LogP) is 6.01. The second-order valence-electron chi connectivity index (χ2n) is 9.28. The zero-order valence-corrected chi connectivity index (χ0v) is 21.7. The number of aromatic carboxylic acids is 1. The molecule has 10 nitrogen and oxygen atoms in total. The fourth-order valence-electron chi connectivity index (χ4n) is 3.45. The van der Waals surface area contributed by atoms with E-state index < -0.39 is 23.6 Å². The van der Waals surface area contributed by atoms with E-state index >= 15 is 0 Å². The second kappa shape index (κ2) is 15.0. The minimum Gasteiger partial charge on any atom is -0.478 e. The lowest BCUT2D eigenvalue weighted by Gasteiger charge is -2.20. The fraction of sp³-hybridized carbons (Fsp3) is 0.300. The normalized spacial score (nSPS) is 10.2. The number of H-pyrrole nitrogens is 1. The van der Waals surface area contributed by atoms with Gasteiger partial charge in [0, 0.05) is 37.6 Å². The molecule has 0 aliphatic rings. The molecule has 0 saturated heterocycles. The van der Waals surface area contributed by atoms with E-state index in [0.29, 0.717) is 29.8 Å². The Hall–Kier alpha value is -4.73. The summed E-state index contributed by atoms with van der Waals surface area (Å²) in [5.74, 6) is 0.0671. The van der Waals surface area contributed by atoms with Gasteiger partial charge in [-0.15, -0.1) is 0 Å². The lowest BCUT2D eigenvalue weighted by Crippen LogP contribution is -2.27. The highest BCUT2D eigenvalue weighted by molar-refractivity contribution is 5.89. The number of ether oxygens (including phenoxy) is 2. The molecule has 0 unspecified atom stereocenters. The van der Waals surface area contributed by atoms with Gasteiger partial charge in [0.25, 0.3) is 0 Å². The standard InChI is InChI=1S/C17H20N2O4.C11H10N2O2.2CH4/c1-17(2,3)23-16(21)19-9-8-18-14(19)11-12-6-5-7-13(10-12)15(20)22-4;14-11(15)9-3-1-2-8(6-9)7-10-12-4-5-13-10;;/h5-10H,11H2,1-4H3;1-6H,7H2,(H,12,13)(H,14,15);2*1H4. The summed E-state index contributed by atoms with van der Waals surface area (Å²) in [5.41, 5.74) is 1.97. The number of nitrogens with zero attached hydrogens (tertiary/aromatic N) is 3. The molecular formula is C30H38N4O6. The first-order chi connectivity index (χ1) is 18.1. The molecular weight excluding hydrogens is 512 g/mol. The van der Waals surface area contributed by atoms with Crippen LogP contribution in [0.3, 0.4) is 0 Å². The van der Waals surface area contributed by atoms with Crippen LogP contribution in [-0.4, -0.2) is 55.4 Å². The van der Waals surface area contributed by atoms with Crippen LogP contribution in [-0.2, 0) is 22.3 Å². The number of methoxy groups -OCH3 is 1. The molecule has 0 fully saturated rings. The number of carbonyl (C=O) groups is 3. The van der Waals surface area contributed by atoms with Crippen molar-refractivity contribution in [1.82, 2.24) is 19.5 Å². The van der Waals surface area contributed by atoms with Crippen LogP contribution in [0.25, 0.3) is 0 Å². The van der Waals surface area contributed by atoms with Crippen molar-refractivity contribution in [2.75, 3.05) is 7.11 Å². The molecule has 0 radical (unpaired) electrons. The number of carboxylic acids is 1. The summed E-state index contributed by atoms with van der Waals surface area (Å²) in [4.78, 5) is 45.8. The Labute approximate surface area is 235 Å². The maximum atomic E-state index is 12.2. The van der Waals surface area contributed by atoms with Crippen LogP contribution in [0.1, 0.15) is 79.1 Å². The molecule has 2 heterocycles. The third-order valence-corrected chi connectivity index (χ3v) is 5.12. The number of benzene rings is 2. The average molecular weight is 551 g/mol. The van der Waals surface area contributed by atoms with E-state index in [2.05, 4.69) is 15.0 Å². The Balaban J connectivity index is 0.000000410. The van der Waals surface area contributed by atoms with Gasteiger partial charge in [0.05, 0.1) is 18.2 Å². The van der Waals surface area contributed by atoms with E-state index in [4.69, 9.17) is 14.6 Å². The van der Waals surface area contributed by atoms with Crippen molar-refractivity contribution in [3.8, 4) is 0 Å². The van der Waals surface area contributed by atoms with Gasteiger partial charge in [-0.05, 0) is 56.2 Å². The SMILES string of the molecule is C.C.COC(=O)c1cccc(Cc2nccn2C(=O)OC(C)(C)C)c1.O=C(O)c1cccc(Cc2ncc[nH]2)c1. The summed E-state index contributed by atoms with van der Waals surface area (Å²) in [5, 5.41) is 8.81. The van der Waals surface area contributed by atoms with Gasteiger partial charge in [-0.2, -0.15) is 0 Å². The number of nitrogens with one attached hydrogen (secondary N) is 1. The van der Waals surface area contributed by atoms with E-state index in [1.807, 2.05) is 12.1 Å². The quantitative estimate of drug-likeness (QED) is 0.278. The summed E-state index contributed by atoms with van der Waals surface area (Å²) in [6, 6.07) is 13.9. The van der Waals surface area contributed by atoms with Gasteiger partial charge in [0.1, 0.15) is 17.2 Å². The van der Waals surface area contributed by atoms with Crippen LogP contribution in [0.5, 0.6) is 0 Å². The van der Waals surface area contributed by atoms with Gasteiger partial charge in [-0.3, -0.25) is 0 Å². The van der Waals surface area contributed by atoms with Gasteiger partial charge in [-0.1, -0.05) is 39.1 Å². The van der Waals surface area contributed by atoms with Crippen LogP contribution in [0.15, 0.2) is 73.3 Å². The van der Waals surface area contributed by atoms with Crippen molar-refractivity contribution in [3.63, 3.8) is 0 Å². The zero-order valence-electron chi connectivity index (χ0n) is 21.7. The summed E-state index contributed by atoms with van der Waals surface area (Å²) < 4.78 is 11.4. The third kappa shape index (κ3) is 9.86. The molecule has 214 valence electrons. The first-order valence-electron chi connectivity index (χ1n) is 11.8. The van der Waals surface area contributed by atoms with Crippen molar-refractivity contribution >= 4 is 18.0 Å². The molecule has 2 N–H and O–H groups in total. The number of carboxylic acid groups (broad SMARTS) is 1. The Morgan fingerprint density at radius 3 is 2.12 bits per heavy atom. The van der Waals surface area contributed by atoms with Gasteiger partial charge < -0.3 is 19.6 Å². The van der Waals surface area contributed by atoms with Gasteiger partial charge in [-0.25, -0.2) is 28.9 Å². The number of aromatic amines is 1. The monoisotopic (exact) mass is 550 g/mol. The lowest BCUT2D eigenvalue weighted by molar-refractivity contribution is 0.0530. The highest BCUT2D eigenvalue weighted by Gasteiger charge is 2.20. The summed E-state index contributed by atoms with van der Waals surface area (Å²) in [7, 11) is 1.34. The molecule has 0 aliphatic heterocycles. The minimum absolute atomic E-state index is 0. The molecule has 40 heavy (non-hydrogen) atoms. The van der Waals surface area contributed by atoms with E-state index in [-0.39, 0.29) is 14.9 Å². The lowest BCUT2D eigenvalue weighted by atomic mass is 10.1. The zero-order chi connectivity index (χ0) is 27.7. The summed E-state index contributed by atoms with van der Waals surface area (Å²) in [6.07, 6.45) is 7.07. The Morgan fingerprint density at radius 1 is 0.925 bits per heavy atom. The largest absolute Gasteiger partial charge is 0.478 e. The smallest absolute Gasteiger partial charge is 0.419 e. The van der Waals surface area contributed by atoms with Crippen LogP contribution < -0.4 is 0 Å². The number of rotatable bonds is 6. The van der Waals surface area contributed by atoms with Gasteiger partial charge in [0.15, 0.2) is 0 Å². The molecule has 2 aromatic carbocycles. The second-order valence-corrected chi connectivity index (χ2v) is 9.28. The first kappa shape index (κ1) is 33.3. The van der Waals surface area contributed by atoms with E-state index in [1.165, 1.54) is 11.7 Å². The first-order valence-corrected chi connectivity index (χ1v) is 11.8. The third-order valence-electron chi connectivity index (χ3n) is 5.12. The van der Waals surface area contributed by atoms with Crippen LogP contribution in [0, 0.1) is 0 Å². The maximum absolute atomic E-state index is 12.2. The molecule has 0 amide bonds. The Morgan fingerprint density at radius 2 is 1.55 bits per heavy atom. The molecule has 4 rings (SSSR count). The molecule has 10 heteroatoms. The molecule has 0 bridgehead atoms. The van der Waals surface area contributed by atoms with Crippen molar-refractivity contribution in [3.05, 3.63) is 107 Å². The van der Waals surface area contributed by atoms with Crippen molar-refractivity contribution in [2.45, 2.75) is 54.1 Å². The Kier molecular flexibility index (Phi) is 12.5. The van der Waals surface area contributed by atoms with Crippen LogP contribution >= 0.6 is 0 Å². The van der Waals surface area contributed by atoms with Gasteiger partial charge >= 0.3 is 18.0 Å². The van der Waals surface area contributed by atoms with Crippen molar-refractivity contribution < 1.29 is 29.0 Å². The molecule has 0 spiro atoms. The number of aromatic nitrogens is 4. The highest BCUT2D eigenvalue weighted by atomic mass is 16.6. The number of carbonyl (C=O) groups excluding carboxylic acids is 2. The van der Waals surface area contributed by atoms with Crippen LogP contribution in [0.2, 0.25) is 0 Å². The summed E-state index contributed by atoms with van der Waals surface area (Å²) >= 11 is 0. The minimum atomic E-state index is -0.906. The van der Waals surface area contributed by atoms with E-state index in [0.717, 1.165) is 17.0 Å².